The van der Waals surface area contributed by atoms with Gasteiger partial charge in [-0.3, -0.25) is 0 Å². The lowest BCUT2D eigenvalue weighted by atomic mass is 10.7. The lowest BCUT2D eigenvalue weighted by Gasteiger charge is -1.72. The number of rotatable bonds is 1. The lowest BCUT2D eigenvalue weighted by molar-refractivity contribution is -0.0979. The molecule has 62 valence electrons. The highest BCUT2D eigenvalue weighted by atomic mass is 16.2. The van der Waals surface area contributed by atoms with E-state index in [1.807, 2.05) is 6.79 Å². The van der Waals surface area contributed by atoms with Crippen LogP contribution in [0.2, 0.25) is 0 Å². The van der Waals surface area contributed by atoms with E-state index in [2.05, 4.69) is 11.5 Å². The molecular formula is C4H14N4O2. The SMILES string of the molecule is C=O.NC(N)=O.NCCN. The molecule has 0 saturated heterocycles. The average molecular weight is 150 g/mol. The summed E-state index contributed by atoms with van der Waals surface area (Å²) in [6, 6.07) is -0.833. The molecule has 0 aliphatic rings. The average Bonchev–Trinajstić information content (AvgIpc) is 1.91. The predicted molar refractivity (Wildman–Crippen MR) is 39.0 cm³/mol. The summed E-state index contributed by atoms with van der Waals surface area (Å²) in [5, 5.41) is 0. The summed E-state index contributed by atoms with van der Waals surface area (Å²) in [6.45, 7) is 3.19. The molecule has 0 aromatic rings. The molecule has 0 bridgehead atoms. The Bertz CT molecular complexity index is 62.3. The van der Waals surface area contributed by atoms with Crippen molar-refractivity contribution in [2.45, 2.75) is 0 Å². The molecule has 0 aromatic carbocycles. The fraction of sp³-hybridized carbons (Fsp3) is 0.500. The molecular weight excluding hydrogens is 136 g/mol. The molecule has 2 amide bonds. The lowest BCUT2D eigenvalue weighted by Crippen LogP contribution is -2.18. The van der Waals surface area contributed by atoms with Gasteiger partial charge >= 0.3 is 6.03 Å². The molecule has 6 nitrogen and oxygen atoms in total. The van der Waals surface area contributed by atoms with Crippen molar-refractivity contribution >= 4 is 12.8 Å². The van der Waals surface area contributed by atoms with Crippen LogP contribution >= 0.6 is 0 Å². The van der Waals surface area contributed by atoms with Gasteiger partial charge in [-0.05, 0) is 0 Å². The first-order valence-corrected chi connectivity index (χ1v) is 2.39. The van der Waals surface area contributed by atoms with Gasteiger partial charge in [-0.2, -0.15) is 0 Å². The van der Waals surface area contributed by atoms with E-state index in [1.165, 1.54) is 0 Å². The third kappa shape index (κ3) is 12000. The number of hydrogen-bond acceptors (Lipinski definition) is 4. The van der Waals surface area contributed by atoms with Gasteiger partial charge in [-0.15, -0.1) is 0 Å². The quantitative estimate of drug-likeness (QED) is 0.335. The van der Waals surface area contributed by atoms with Crippen LogP contribution in [0.4, 0.5) is 4.79 Å². The van der Waals surface area contributed by atoms with Crippen molar-refractivity contribution in [2.75, 3.05) is 13.1 Å². The number of amides is 2. The van der Waals surface area contributed by atoms with Gasteiger partial charge < -0.3 is 27.7 Å². The van der Waals surface area contributed by atoms with Gasteiger partial charge in [0.15, 0.2) is 0 Å². The third-order valence-electron chi connectivity index (χ3n) is 0.167. The van der Waals surface area contributed by atoms with E-state index in [4.69, 9.17) is 21.1 Å². The second-order valence-corrected chi connectivity index (χ2v) is 0.980. The van der Waals surface area contributed by atoms with Gasteiger partial charge in [0.2, 0.25) is 0 Å². The van der Waals surface area contributed by atoms with Crippen molar-refractivity contribution in [3.8, 4) is 0 Å². The zero-order valence-electron chi connectivity index (χ0n) is 5.75. The van der Waals surface area contributed by atoms with Crippen molar-refractivity contribution in [1.82, 2.24) is 0 Å². The molecule has 0 fully saturated rings. The van der Waals surface area contributed by atoms with E-state index < -0.39 is 6.03 Å². The molecule has 0 rings (SSSR count). The smallest absolute Gasteiger partial charge is 0.309 e. The molecule has 0 atom stereocenters. The van der Waals surface area contributed by atoms with E-state index in [-0.39, 0.29) is 0 Å². The first-order valence-electron chi connectivity index (χ1n) is 2.39. The van der Waals surface area contributed by atoms with Crippen LogP contribution in [0.3, 0.4) is 0 Å². The highest BCUT2D eigenvalue weighted by Gasteiger charge is 1.60. The Labute approximate surface area is 59.5 Å². The first kappa shape index (κ1) is 15.9. The monoisotopic (exact) mass is 150 g/mol. The number of nitrogens with two attached hydrogens (primary N) is 4. The number of urea groups is 1. The Kier molecular flexibility index (Phi) is 39.6. The second kappa shape index (κ2) is 24.8. The largest absolute Gasteiger partial charge is 0.352 e. The highest BCUT2D eigenvalue weighted by molar-refractivity contribution is 5.69. The number of hydrogen-bond donors (Lipinski definition) is 4. The van der Waals surface area contributed by atoms with E-state index in [1.54, 1.807) is 0 Å². The summed E-state index contributed by atoms with van der Waals surface area (Å²) < 4.78 is 0. The fourth-order valence-corrected chi connectivity index (χ4v) is 0. The molecule has 0 spiro atoms. The van der Waals surface area contributed by atoms with Gasteiger partial charge in [0.05, 0.1) is 0 Å². The maximum Gasteiger partial charge on any atom is 0.309 e. The van der Waals surface area contributed by atoms with Crippen LogP contribution in [0.1, 0.15) is 0 Å². The van der Waals surface area contributed by atoms with Gasteiger partial charge in [-0.1, -0.05) is 0 Å². The molecule has 0 aromatic heterocycles. The summed E-state index contributed by atoms with van der Waals surface area (Å²) >= 11 is 0. The van der Waals surface area contributed by atoms with Crippen molar-refractivity contribution in [3.05, 3.63) is 0 Å². The Hall–Kier alpha value is -1.14. The number of carbonyl (C=O) groups excluding carboxylic acids is 2. The molecule has 6 heteroatoms. The predicted octanol–water partition coefficient (Wildman–Crippen LogP) is -2.26. The maximum absolute atomic E-state index is 9.00. The van der Waals surface area contributed by atoms with E-state index in [0.717, 1.165) is 0 Å². The van der Waals surface area contributed by atoms with Crippen molar-refractivity contribution in [2.24, 2.45) is 22.9 Å². The second-order valence-electron chi connectivity index (χ2n) is 0.980. The van der Waals surface area contributed by atoms with Crippen LogP contribution in [0, 0.1) is 0 Å². The summed E-state index contributed by atoms with van der Waals surface area (Å²) in [5.41, 5.74) is 18.3. The van der Waals surface area contributed by atoms with Crippen LogP contribution in [-0.2, 0) is 4.79 Å². The minimum Gasteiger partial charge on any atom is -0.352 e. The summed E-state index contributed by atoms with van der Waals surface area (Å²) in [6.07, 6.45) is 0. The molecule has 10 heavy (non-hydrogen) atoms. The zero-order valence-corrected chi connectivity index (χ0v) is 5.75. The highest BCUT2D eigenvalue weighted by Crippen LogP contribution is 1.25. The summed E-state index contributed by atoms with van der Waals surface area (Å²) in [5.74, 6) is 0. The molecule has 0 aliphatic carbocycles. The van der Waals surface area contributed by atoms with Gasteiger partial charge in [0.1, 0.15) is 6.79 Å². The molecule has 0 unspecified atom stereocenters. The van der Waals surface area contributed by atoms with Crippen molar-refractivity contribution in [1.29, 1.82) is 0 Å². The Balaban J connectivity index is -0.0000000787. The van der Waals surface area contributed by atoms with E-state index >= 15 is 0 Å². The topological polar surface area (TPSA) is 138 Å². The Morgan fingerprint density at radius 3 is 1.20 bits per heavy atom. The van der Waals surface area contributed by atoms with Crippen molar-refractivity contribution in [3.63, 3.8) is 0 Å². The Morgan fingerprint density at radius 2 is 1.20 bits per heavy atom. The number of carbonyl (C=O) groups is 2. The molecule has 0 radical (unpaired) electrons. The van der Waals surface area contributed by atoms with Gasteiger partial charge in [0.25, 0.3) is 0 Å². The normalized spacial score (nSPS) is 5.80. The maximum atomic E-state index is 9.00. The van der Waals surface area contributed by atoms with Crippen LogP contribution in [-0.4, -0.2) is 25.9 Å². The molecule has 0 aliphatic heterocycles. The fourth-order valence-electron chi connectivity index (χ4n) is 0. The minimum atomic E-state index is -0.833. The Morgan fingerprint density at radius 1 is 1.10 bits per heavy atom. The van der Waals surface area contributed by atoms with E-state index in [9.17, 15) is 0 Å². The van der Waals surface area contributed by atoms with Crippen LogP contribution in [0.25, 0.3) is 0 Å². The third-order valence-corrected chi connectivity index (χ3v) is 0.167. The molecule has 0 saturated carbocycles. The summed E-state index contributed by atoms with van der Waals surface area (Å²) in [4.78, 5) is 17.0. The zero-order chi connectivity index (χ0) is 8.99. The van der Waals surface area contributed by atoms with Gasteiger partial charge in [0, 0.05) is 13.1 Å². The van der Waals surface area contributed by atoms with Gasteiger partial charge in [-0.25, -0.2) is 4.79 Å². The van der Waals surface area contributed by atoms with Crippen molar-refractivity contribution < 1.29 is 9.59 Å². The van der Waals surface area contributed by atoms with Crippen LogP contribution in [0.5, 0.6) is 0 Å². The minimum absolute atomic E-state index is 0.597. The molecule has 0 heterocycles. The van der Waals surface area contributed by atoms with Crippen LogP contribution < -0.4 is 22.9 Å². The van der Waals surface area contributed by atoms with E-state index in [0.29, 0.717) is 13.1 Å². The summed E-state index contributed by atoms with van der Waals surface area (Å²) in [7, 11) is 0. The number of primary amides is 2. The standard InChI is InChI=1S/C2H8N2.CH4N2O.CH2O/c3-1-2-4;2-1(3)4;1-2/h1-4H2;(H4,2,3,4);1H2. The molecule has 8 N–H and O–H groups in total. The van der Waals surface area contributed by atoms with Crippen LogP contribution in [0.15, 0.2) is 0 Å². The first-order chi connectivity index (χ1) is 4.65.